The van der Waals surface area contributed by atoms with Crippen molar-refractivity contribution < 1.29 is 4.39 Å². The zero-order valence-electron chi connectivity index (χ0n) is 16.0. The maximum atomic E-state index is 13.1. The number of anilines is 1. The van der Waals surface area contributed by atoms with Gasteiger partial charge in [-0.05, 0) is 43.3 Å². The molecule has 2 aliphatic heterocycles. The van der Waals surface area contributed by atoms with Gasteiger partial charge in [0.15, 0.2) is 11.5 Å². The van der Waals surface area contributed by atoms with E-state index in [4.69, 9.17) is 0 Å². The summed E-state index contributed by atoms with van der Waals surface area (Å²) in [6.45, 7) is 8.93. The number of likely N-dealkylation sites (tertiary alicyclic amines) is 1. The van der Waals surface area contributed by atoms with E-state index in [1.807, 2.05) is 35.7 Å². The number of hydrogen-bond acceptors (Lipinski definition) is 6. The van der Waals surface area contributed by atoms with Crippen molar-refractivity contribution in [2.24, 2.45) is 0 Å². The molecule has 0 atom stereocenters. The van der Waals surface area contributed by atoms with Crippen molar-refractivity contribution in [2.75, 3.05) is 44.2 Å². The predicted molar refractivity (Wildman–Crippen MR) is 105 cm³/mol. The summed E-state index contributed by atoms with van der Waals surface area (Å²) < 4.78 is 15.0. The number of aryl methyl sites for hydroxylation is 1. The molecule has 2 fully saturated rings. The number of piperazine rings is 1. The van der Waals surface area contributed by atoms with E-state index in [9.17, 15) is 4.39 Å². The van der Waals surface area contributed by atoms with Crippen LogP contribution in [0.5, 0.6) is 0 Å². The second-order valence-corrected chi connectivity index (χ2v) is 7.71. The van der Waals surface area contributed by atoms with Crippen LogP contribution in [0.25, 0.3) is 5.65 Å². The van der Waals surface area contributed by atoms with Crippen molar-refractivity contribution in [1.82, 2.24) is 29.6 Å². The summed E-state index contributed by atoms with van der Waals surface area (Å²) in [6, 6.07) is 11.3. The van der Waals surface area contributed by atoms with Crippen LogP contribution in [0.1, 0.15) is 11.5 Å². The average molecular weight is 381 g/mol. The lowest BCUT2D eigenvalue weighted by Gasteiger charge is -2.48. The van der Waals surface area contributed by atoms with Gasteiger partial charge in [0, 0.05) is 51.0 Å². The number of rotatable bonds is 4. The molecule has 8 heteroatoms. The molecular weight excluding hydrogens is 357 g/mol. The number of benzene rings is 1. The van der Waals surface area contributed by atoms with Crippen molar-refractivity contribution in [1.29, 1.82) is 0 Å². The van der Waals surface area contributed by atoms with Crippen LogP contribution in [0, 0.1) is 12.7 Å². The zero-order valence-corrected chi connectivity index (χ0v) is 16.0. The first-order chi connectivity index (χ1) is 13.7. The smallest absolute Gasteiger partial charge is 0.177 e. The molecule has 0 bridgehead atoms. The molecule has 4 heterocycles. The van der Waals surface area contributed by atoms with E-state index < -0.39 is 0 Å². The first kappa shape index (κ1) is 17.5. The average Bonchev–Trinajstić information content (AvgIpc) is 3.07. The van der Waals surface area contributed by atoms with Crippen molar-refractivity contribution in [3.63, 3.8) is 0 Å². The van der Waals surface area contributed by atoms with Crippen LogP contribution < -0.4 is 4.90 Å². The highest BCUT2D eigenvalue weighted by atomic mass is 19.1. The standard InChI is InChI=1S/C20H24FN7/c1-15-2-7-19-22-23-20(28(19)24-15)14-25-12-18(13-25)27-10-8-26(9-11-27)17-5-3-16(21)4-6-17/h2-7,18H,8-14H2,1H3. The van der Waals surface area contributed by atoms with E-state index in [0.29, 0.717) is 6.04 Å². The van der Waals surface area contributed by atoms with Gasteiger partial charge < -0.3 is 4.90 Å². The number of halogens is 1. The fourth-order valence-corrected chi connectivity index (χ4v) is 4.12. The van der Waals surface area contributed by atoms with Gasteiger partial charge in [-0.1, -0.05) is 0 Å². The SMILES string of the molecule is Cc1ccc2nnc(CN3CC(N4CCN(c5ccc(F)cc5)CC4)C3)n2n1. The zero-order chi connectivity index (χ0) is 19.1. The van der Waals surface area contributed by atoms with Crippen LogP contribution in [0.2, 0.25) is 0 Å². The lowest BCUT2D eigenvalue weighted by Crippen LogP contribution is -2.62. The normalized spacial score (nSPS) is 19.3. The van der Waals surface area contributed by atoms with Gasteiger partial charge in [0.2, 0.25) is 0 Å². The van der Waals surface area contributed by atoms with Gasteiger partial charge in [0.1, 0.15) is 5.82 Å². The minimum absolute atomic E-state index is 0.178. The van der Waals surface area contributed by atoms with Crippen molar-refractivity contribution >= 4 is 11.3 Å². The first-order valence-electron chi connectivity index (χ1n) is 9.80. The molecular formula is C20H24FN7. The monoisotopic (exact) mass is 381 g/mol. The summed E-state index contributed by atoms with van der Waals surface area (Å²) in [5.41, 5.74) is 2.88. The summed E-state index contributed by atoms with van der Waals surface area (Å²) in [7, 11) is 0. The molecule has 7 nitrogen and oxygen atoms in total. The van der Waals surface area contributed by atoms with Crippen LogP contribution in [0.3, 0.4) is 0 Å². The van der Waals surface area contributed by atoms with Gasteiger partial charge in [-0.25, -0.2) is 4.39 Å². The van der Waals surface area contributed by atoms with Gasteiger partial charge in [-0.3, -0.25) is 9.80 Å². The molecule has 0 N–H and O–H groups in total. The molecule has 0 spiro atoms. The minimum atomic E-state index is -0.178. The Morgan fingerprint density at radius 1 is 0.964 bits per heavy atom. The molecule has 28 heavy (non-hydrogen) atoms. The molecule has 1 aromatic carbocycles. The van der Waals surface area contributed by atoms with Gasteiger partial charge in [0.05, 0.1) is 12.2 Å². The largest absolute Gasteiger partial charge is 0.369 e. The molecule has 5 rings (SSSR count). The van der Waals surface area contributed by atoms with Crippen molar-refractivity contribution in [3.8, 4) is 0 Å². The summed E-state index contributed by atoms with van der Waals surface area (Å²) >= 11 is 0. The molecule has 2 aliphatic rings. The molecule has 0 saturated carbocycles. The second-order valence-electron chi connectivity index (χ2n) is 7.71. The number of aromatic nitrogens is 4. The minimum Gasteiger partial charge on any atom is -0.369 e. The van der Waals surface area contributed by atoms with Crippen LogP contribution in [0.4, 0.5) is 10.1 Å². The third kappa shape index (κ3) is 3.33. The Kier molecular flexibility index (Phi) is 4.44. The molecule has 0 unspecified atom stereocenters. The van der Waals surface area contributed by atoms with E-state index in [-0.39, 0.29) is 5.82 Å². The highest BCUT2D eigenvalue weighted by Crippen LogP contribution is 2.22. The fourth-order valence-electron chi connectivity index (χ4n) is 4.12. The summed E-state index contributed by atoms with van der Waals surface area (Å²) in [6.07, 6.45) is 0. The molecule has 2 saturated heterocycles. The second kappa shape index (κ2) is 7.10. The maximum absolute atomic E-state index is 13.1. The van der Waals surface area contributed by atoms with Gasteiger partial charge in [-0.2, -0.15) is 9.61 Å². The Bertz CT molecular complexity index is 956. The van der Waals surface area contributed by atoms with Crippen LogP contribution >= 0.6 is 0 Å². The molecule has 0 aliphatic carbocycles. The Hall–Kier alpha value is -2.58. The third-order valence-electron chi connectivity index (χ3n) is 5.79. The van der Waals surface area contributed by atoms with E-state index in [1.165, 1.54) is 12.1 Å². The molecule has 0 amide bonds. The quantitative estimate of drug-likeness (QED) is 0.684. The molecule has 2 aromatic heterocycles. The van der Waals surface area contributed by atoms with Crippen molar-refractivity contribution in [2.45, 2.75) is 19.5 Å². The lowest BCUT2D eigenvalue weighted by molar-refractivity contribution is 0.0237. The maximum Gasteiger partial charge on any atom is 0.177 e. The van der Waals surface area contributed by atoms with E-state index in [1.54, 1.807) is 0 Å². The third-order valence-corrected chi connectivity index (χ3v) is 5.79. The summed E-state index contributed by atoms with van der Waals surface area (Å²) in [4.78, 5) is 7.31. The topological polar surface area (TPSA) is 52.8 Å². The van der Waals surface area contributed by atoms with E-state index in [2.05, 4.69) is 30.0 Å². The Morgan fingerprint density at radius 2 is 1.71 bits per heavy atom. The first-order valence-corrected chi connectivity index (χ1v) is 9.80. The highest BCUT2D eigenvalue weighted by molar-refractivity contribution is 5.46. The molecule has 3 aromatic rings. The molecule has 0 radical (unpaired) electrons. The summed E-state index contributed by atoms with van der Waals surface area (Å²) in [5, 5.41) is 13.0. The van der Waals surface area contributed by atoms with Crippen LogP contribution in [0.15, 0.2) is 36.4 Å². The fraction of sp³-hybridized carbons (Fsp3) is 0.450. The Morgan fingerprint density at radius 3 is 2.46 bits per heavy atom. The van der Waals surface area contributed by atoms with Gasteiger partial charge >= 0.3 is 0 Å². The number of hydrogen-bond donors (Lipinski definition) is 0. The summed E-state index contributed by atoms with van der Waals surface area (Å²) in [5.74, 6) is 0.723. The number of nitrogens with zero attached hydrogens (tertiary/aromatic N) is 7. The van der Waals surface area contributed by atoms with Crippen LogP contribution in [-0.2, 0) is 6.54 Å². The van der Waals surface area contributed by atoms with Gasteiger partial charge in [0.25, 0.3) is 0 Å². The number of fused-ring (bicyclic) bond motifs is 1. The predicted octanol–water partition coefficient (Wildman–Crippen LogP) is 1.58. The highest BCUT2D eigenvalue weighted by Gasteiger charge is 2.34. The van der Waals surface area contributed by atoms with Gasteiger partial charge in [-0.15, -0.1) is 10.2 Å². The van der Waals surface area contributed by atoms with Crippen molar-refractivity contribution in [3.05, 3.63) is 53.7 Å². The molecule has 146 valence electrons. The Labute approximate surface area is 163 Å². The van der Waals surface area contributed by atoms with E-state index in [0.717, 1.165) is 68.7 Å². The lowest BCUT2D eigenvalue weighted by atomic mass is 10.1. The Balaban J connectivity index is 1.13. The van der Waals surface area contributed by atoms with Crippen LogP contribution in [-0.4, -0.2) is 74.9 Å². The van der Waals surface area contributed by atoms with E-state index >= 15 is 0 Å².